The molecule has 12 heavy (non-hydrogen) atoms. The number of carbonyl (C=O) groups is 2. The van der Waals surface area contributed by atoms with Crippen molar-refractivity contribution in [3.63, 3.8) is 0 Å². The molecule has 2 amide bonds. The van der Waals surface area contributed by atoms with E-state index in [4.69, 9.17) is 11.5 Å². The molecule has 0 rings (SSSR count). The van der Waals surface area contributed by atoms with Gasteiger partial charge >= 0.3 is 58.2 Å². The summed E-state index contributed by atoms with van der Waals surface area (Å²) in [5, 5.41) is 2.39. The third-order valence-electron chi connectivity index (χ3n) is 1.17. The Morgan fingerprint density at radius 1 is 1.58 bits per heavy atom. The van der Waals surface area contributed by atoms with Crippen LogP contribution < -0.4 is 69.2 Å². The molecular weight excluding hydrogens is 232 g/mol. The molecule has 6 heteroatoms. The van der Waals surface area contributed by atoms with Crippen molar-refractivity contribution in [1.82, 2.24) is 5.32 Å². The second-order valence-corrected chi connectivity index (χ2v) is 2.11. The first-order valence-electron chi connectivity index (χ1n) is 3.35. The Bertz CT molecular complexity index is 163. The van der Waals surface area contributed by atoms with E-state index >= 15 is 0 Å². The molecule has 0 bridgehead atoms. The number of hydrogen-bond donors (Lipinski definition) is 2. The number of nitrogens with one attached hydrogen (secondary N) is 2. The molecule has 5 nitrogen and oxygen atoms in total. The fourth-order valence-corrected chi connectivity index (χ4v) is 0.441. The summed E-state index contributed by atoms with van der Waals surface area (Å²) in [5.41, 5.74) is 11.8. The quantitative estimate of drug-likeness (QED) is 0.534. The summed E-state index contributed by atoms with van der Waals surface area (Å²) >= 11 is 0. The Kier molecular flexibility index (Phi) is 10.5. The summed E-state index contributed by atoms with van der Waals surface area (Å²) in [6.45, 7) is 1.69. The molecule has 0 heterocycles. The topological polar surface area (TPSA) is 96.0 Å². The Balaban J connectivity index is 0. The standard InChI is InChI=1S/C6H12N3O2.Rb/c1-2-5(10)9-3-4(7)6(8)11;/h4,7H,2-3H2,1H3,(H2,8,11)(H,9,10);/q-1;+1/t4-;/m0./s1. The third kappa shape index (κ3) is 7.36. The van der Waals surface area contributed by atoms with E-state index in [-0.39, 0.29) is 70.6 Å². The van der Waals surface area contributed by atoms with E-state index in [1.165, 1.54) is 0 Å². The molecule has 0 aromatic rings. The summed E-state index contributed by atoms with van der Waals surface area (Å²) in [5.74, 6) is -0.898. The third-order valence-corrected chi connectivity index (χ3v) is 1.17. The second kappa shape index (κ2) is 8.31. The van der Waals surface area contributed by atoms with E-state index in [2.05, 4.69) is 5.32 Å². The predicted molar refractivity (Wildman–Crippen MR) is 40.6 cm³/mol. The largest absolute Gasteiger partial charge is 1.00 e. The number of rotatable bonds is 4. The van der Waals surface area contributed by atoms with Gasteiger partial charge in [-0.1, -0.05) is 6.92 Å². The SMILES string of the molecule is CCC(=O)NC[C@H]([NH-])C(N)=O.[Rb+]. The minimum atomic E-state index is -1.04. The van der Waals surface area contributed by atoms with Crippen molar-refractivity contribution < 1.29 is 67.8 Å². The summed E-state index contributed by atoms with van der Waals surface area (Å²) in [6.07, 6.45) is 0.353. The van der Waals surface area contributed by atoms with Gasteiger partial charge in [-0.15, -0.1) is 0 Å². The molecule has 0 aliphatic carbocycles. The molecule has 1 atom stereocenters. The van der Waals surface area contributed by atoms with Gasteiger partial charge in [0, 0.05) is 13.0 Å². The molecule has 0 aliphatic heterocycles. The molecule has 0 aromatic heterocycles. The Labute approximate surface area is 120 Å². The maximum absolute atomic E-state index is 10.6. The molecule has 0 aromatic carbocycles. The molecule has 0 aliphatic rings. The molecule has 0 fully saturated rings. The molecule has 0 saturated heterocycles. The van der Waals surface area contributed by atoms with Crippen molar-refractivity contribution in [1.29, 1.82) is 0 Å². The zero-order valence-corrected chi connectivity index (χ0v) is 12.3. The number of nitrogens with two attached hydrogens (primary N) is 1. The zero-order valence-electron chi connectivity index (χ0n) is 7.39. The summed E-state index contributed by atoms with van der Waals surface area (Å²) < 4.78 is 0. The van der Waals surface area contributed by atoms with Crippen LogP contribution in [0.4, 0.5) is 0 Å². The average molecular weight is 244 g/mol. The van der Waals surface area contributed by atoms with Gasteiger partial charge in [-0.05, 0) is 6.04 Å². The van der Waals surface area contributed by atoms with Gasteiger partial charge in [-0.2, -0.15) is 0 Å². The van der Waals surface area contributed by atoms with Gasteiger partial charge in [0.15, 0.2) is 0 Å². The van der Waals surface area contributed by atoms with Crippen LogP contribution in [-0.2, 0) is 9.59 Å². The van der Waals surface area contributed by atoms with Gasteiger partial charge in [0.05, 0.1) is 0 Å². The van der Waals surface area contributed by atoms with Crippen LogP contribution in [0.15, 0.2) is 0 Å². The number of primary amides is 1. The van der Waals surface area contributed by atoms with Crippen molar-refractivity contribution in [3.05, 3.63) is 5.73 Å². The van der Waals surface area contributed by atoms with E-state index in [0.717, 1.165) is 0 Å². The van der Waals surface area contributed by atoms with Crippen LogP contribution in [0.2, 0.25) is 0 Å². The van der Waals surface area contributed by atoms with Gasteiger partial charge in [0.2, 0.25) is 11.8 Å². The molecule has 0 radical (unpaired) electrons. The van der Waals surface area contributed by atoms with Crippen LogP contribution in [-0.4, -0.2) is 24.4 Å². The normalized spacial score (nSPS) is 11.2. The smallest absolute Gasteiger partial charge is 0.665 e. The van der Waals surface area contributed by atoms with Gasteiger partial charge < -0.3 is 16.8 Å². The van der Waals surface area contributed by atoms with Crippen molar-refractivity contribution in [3.8, 4) is 0 Å². The maximum Gasteiger partial charge on any atom is 1.00 e. The van der Waals surface area contributed by atoms with E-state index in [0.29, 0.717) is 6.42 Å². The number of hydrogen-bond acceptors (Lipinski definition) is 2. The number of amides is 2. The van der Waals surface area contributed by atoms with Crippen LogP contribution in [0.5, 0.6) is 0 Å². The Morgan fingerprint density at radius 2 is 2.08 bits per heavy atom. The van der Waals surface area contributed by atoms with Crippen molar-refractivity contribution in [2.24, 2.45) is 5.73 Å². The maximum atomic E-state index is 10.6. The first kappa shape index (κ1) is 15.2. The first-order chi connectivity index (χ1) is 5.07. The molecule has 0 spiro atoms. The van der Waals surface area contributed by atoms with E-state index < -0.39 is 11.9 Å². The summed E-state index contributed by atoms with van der Waals surface area (Å²) in [7, 11) is 0. The first-order valence-corrected chi connectivity index (χ1v) is 3.35. The van der Waals surface area contributed by atoms with E-state index in [1.807, 2.05) is 0 Å². The average Bonchev–Trinajstić information content (AvgIpc) is 1.99. The molecular formula is C6H12N3O2Rb. The Morgan fingerprint density at radius 3 is 2.42 bits per heavy atom. The fourth-order valence-electron chi connectivity index (χ4n) is 0.441. The van der Waals surface area contributed by atoms with E-state index in [1.54, 1.807) is 6.92 Å². The Hall–Kier alpha value is 0.705. The van der Waals surface area contributed by atoms with E-state index in [9.17, 15) is 9.59 Å². The minimum absolute atomic E-state index is 0. The monoisotopic (exact) mass is 243 g/mol. The molecule has 0 saturated carbocycles. The number of carbonyl (C=O) groups excluding carboxylic acids is 2. The fraction of sp³-hybridized carbons (Fsp3) is 0.667. The van der Waals surface area contributed by atoms with Gasteiger partial charge in [0.25, 0.3) is 0 Å². The van der Waals surface area contributed by atoms with Gasteiger partial charge in [-0.25, -0.2) is 0 Å². The second-order valence-electron chi connectivity index (χ2n) is 2.11. The summed E-state index contributed by atoms with van der Waals surface area (Å²) in [6, 6.07) is -1.04. The van der Waals surface area contributed by atoms with Gasteiger partial charge in [0.1, 0.15) is 0 Å². The van der Waals surface area contributed by atoms with Crippen molar-refractivity contribution in [2.75, 3.05) is 6.54 Å². The minimum Gasteiger partial charge on any atom is -0.665 e. The predicted octanol–water partition coefficient (Wildman–Crippen LogP) is -3.58. The summed E-state index contributed by atoms with van der Waals surface area (Å²) in [4.78, 5) is 20.9. The van der Waals surface area contributed by atoms with Gasteiger partial charge in [-0.3, -0.25) is 9.59 Å². The van der Waals surface area contributed by atoms with Crippen LogP contribution in [0.3, 0.4) is 0 Å². The van der Waals surface area contributed by atoms with Crippen LogP contribution in [0.25, 0.3) is 5.73 Å². The zero-order chi connectivity index (χ0) is 8.85. The van der Waals surface area contributed by atoms with Crippen LogP contribution >= 0.6 is 0 Å². The molecule has 64 valence electrons. The van der Waals surface area contributed by atoms with Crippen LogP contribution in [0.1, 0.15) is 13.3 Å². The van der Waals surface area contributed by atoms with Crippen molar-refractivity contribution >= 4 is 11.8 Å². The van der Waals surface area contributed by atoms with Crippen molar-refractivity contribution in [2.45, 2.75) is 19.4 Å². The molecule has 4 N–H and O–H groups in total. The molecule has 0 unspecified atom stereocenters. The van der Waals surface area contributed by atoms with Crippen LogP contribution in [0, 0.1) is 0 Å².